The molecule has 0 bridgehead atoms. The van der Waals surface area contributed by atoms with Gasteiger partial charge in [0, 0.05) is 37.4 Å². The number of aromatic nitrogens is 1. The molecule has 0 spiro atoms. The van der Waals surface area contributed by atoms with Gasteiger partial charge >= 0.3 is 5.97 Å². The van der Waals surface area contributed by atoms with Crippen LogP contribution in [0.1, 0.15) is 35.5 Å². The number of ether oxygens (including phenoxy) is 1. The largest absolute Gasteiger partial charge is 0.465 e. The highest BCUT2D eigenvalue weighted by atomic mass is 32.1. The molecular weight excluding hydrogens is 410 g/mol. The number of hydrogen-bond acceptors (Lipinski definition) is 6. The molecule has 0 radical (unpaired) electrons. The second-order valence-electron chi connectivity index (χ2n) is 8.68. The van der Waals surface area contributed by atoms with Gasteiger partial charge in [-0.05, 0) is 44.8 Å². The van der Waals surface area contributed by atoms with Crippen molar-refractivity contribution in [2.45, 2.75) is 39.2 Å². The number of rotatable bonds is 8. The van der Waals surface area contributed by atoms with Crippen LogP contribution < -0.4 is 0 Å². The van der Waals surface area contributed by atoms with Crippen molar-refractivity contribution < 1.29 is 14.3 Å². The Kier molecular flexibility index (Phi) is 7.35. The van der Waals surface area contributed by atoms with Gasteiger partial charge in [-0.25, -0.2) is 4.98 Å². The summed E-state index contributed by atoms with van der Waals surface area (Å²) in [7, 11) is 0. The Labute approximate surface area is 188 Å². The van der Waals surface area contributed by atoms with E-state index < -0.39 is 0 Å². The highest BCUT2D eigenvalue weighted by molar-refractivity contribution is 7.09. The molecule has 6 nitrogen and oxygen atoms in total. The molecule has 2 saturated heterocycles. The molecule has 0 saturated carbocycles. The standard InChI is InChI=1S/C24H31N3O3S/c1-18-25-22(17-31-18)15-26-10-8-21(9-11-26)24(29)30-16-20-13-23(28)27(14-20)12-7-19-5-3-2-4-6-19/h2-6,17,20-21H,7-16H2,1H3/t20-/m1/s1. The first kappa shape index (κ1) is 22.0. The average Bonchev–Trinajstić information content (AvgIpc) is 3.36. The third-order valence-electron chi connectivity index (χ3n) is 6.24. The predicted octanol–water partition coefficient (Wildman–Crippen LogP) is 3.30. The number of carbonyl (C=O) groups is 2. The van der Waals surface area contributed by atoms with Gasteiger partial charge < -0.3 is 9.64 Å². The maximum Gasteiger partial charge on any atom is 0.309 e. The van der Waals surface area contributed by atoms with E-state index in [0.717, 1.165) is 56.1 Å². The molecule has 3 heterocycles. The zero-order chi connectivity index (χ0) is 21.6. The van der Waals surface area contributed by atoms with Crippen LogP contribution in [0.4, 0.5) is 0 Å². The number of benzene rings is 1. The van der Waals surface area contributed by atoms with Crippen LogP contribution in [-0.2, 0) is 27.3 Å². The van der Waals surface area contributed by atoms with Crippen LogP contribution in [0.15, 0.2) is 35.7 Å². The number of aryl methyl sites for hydroxylation is 1. The molecule has 1 aromatic carbocycles. The summed E-state index contributed by atoms with van der Waals surface area (Å²) in [5.41, 5.74) is 2.35. The summed E-state index contributed by atoms with van der Waals surface area (Å²) >= 11 is 1.68. The first-order chi connectivity index (χ1) is 15.1. The van der Waals surface area contributed by atoms with Crippen LogP contribution in [0, 0.1) is 18.8 Å². The van der Waals surface area contributed by atoms with Gasteiger partial charge in [0.05, 0.1) is 23.2 Å². The topological polar surface area (TPSA) is 62.7 Å². The number of nitrogens with zero attached hydrogens (tertiary/aromatic N) is 3. The fraction of sp³-hybridized carbons (Fsp3) is 0.542. The van der Waals surface area contributed by atoms with Gasteiger partial charge in [-0.2, -0.15) is 0 Å². The molecule has 2 aliphatic heterocycles. The number of amides is 1. The molecule has 4 rings (SSSR count). The molecule has 2 fully saturated rings. The quantitative estimate of drug-likeness (QED) is 0.588. The molecular formula is C24H31N3O3S. The molecule has 166 valence electrons. The summed E-state index contributed by atoms with van der Waals surface area (Å²) in [5.74, 6) is 0.154. The van der Waals surface area contributed by atoms with E-state index in [4.69, 9.17) is 4.74 Å². The van der Waals surface area contributed by atoms with E-state index in [-0.39, 0.29) is 23.7 Å². The zero-order valence-corrected chi connectivity index (χ0v) is 19.0. The van der Waals surface area contributed by atoms with Crippen LogP contribution in [0.5, 0.6) is 0 Å². The first-order valence-electron chi connectivity index (χ1n) is 11.2. The SMILES string of the molecule is Cc1nc(CN2CCC(C(=O)OC[C@@H]3CC(=O)N(CCc4ccccc4)C3)CC2)cs1. The van der Waals surface area contributed by atoms with Crippen molar-refractivity contribution >= 4 is 23.2 Å². The van der Waals surface area contributed by atoms with Gasteiger partial charge in [-0.3, -0.25) is 14.5 Å². The Balaban J connectivity index is 1.15. The van der Waals surface area contributed by atoms with Gasteiger partial charge in [0.15, 0.2) is 0 Å². The predicted molar refractivity (Wildman–Crippen MR) is 121 cm³/mol. The van der Waals surface area contributed by atoms with Gasteiger partial charge in [-0.1, -0.05) is 30.3 Å². The third-order valence-corrected chi connectivity index (χ3v) is 7.06. The second kappa shape index (κ2) is 10.4. The molecule has 0 N–H and O–H groups in total. The van der Waals surface area contributed by atoms with Crippen LogP contribution >= 0.6 is 11.3 Å². The smallest absolute Gasteiger partial charge is 0.309 e. The van der Waals surface area contributed by atoms with Gasteiger partial charge in [0.25, 0.3) is 0 Å². The van der Waals surface area contributed by atoms with Gasteiger partial charge in [-0.15, -0.1) is 11.3 Å². The third kappa shape index (κ3) is 6.14. The Hall–Kier alpha value is -2.25. The molecule has 0 aliphatic carbocycles. The number of hydrogen-bond donors (Lipinski definition) is 0. The lowest BCUT2D eigenvalue weighted by Gasteiger charge is -2.30. The summed E-state index contributed by atoms with van der Waals surface area (Å²) in [5, 5.41) is 3.21. The molecule has 1 amide bonds. The van der Waals surface area contributed by atoms with Crippen molar-refractivity contribution in [2.24, 2.45) is 11.8 Å². The van der Waals surface area contributed by atoms with E-state index in [0.29, 0.717) is 19.6 Å². The summed E-state index contributed by atoms with van der Waals surface area (Å²) in [6, 6.07) is 10.2. The summed E-state index contributed by atoms with van der Waals surface area (Å²) in [6.07, 6.45) is 3.00. The number of thiazole rings is 1. The van der Waals surface area contributed by atoms with Crippen molar-refractivity contribution in [1.29, 1.82) is 0 Å². The van der Waals surface area contributed by atoms with Crippen LogP contribution in [0.2, 0.25) is 0 Å². The Morgan fingerprint density at radius 1 is 1.23 bits per heavy atom. The van der Waals surface area contributed by atoms with E-state index in [1.165, 1.54) is 5.56 Å². The minimum Gasteiger partial charge on any atom is -0.465 e. The fourth-order valence-electron chi connectivity index (χ4n) is 4.45. The highest BCUT2D eigenvalue weighted by Crippen LogP contribution is 2.23. The first-order valence-corrected chi connectivity index (χ1v) is 12.1. The molecule has 2 aliphatic rings. The van der Waals surface area contributed by atoms with Crippen molar-refractivity contribution in [3.05, 3.63) is 52.0 Å². The van der Waals surface area contributed by atoms with Gasteiger partial charge in [0.2, 0.25) is 5.91 Å². The summed E-state index contributed by atoms with van der Waals surface area (Å²) in [6.45, 7) is 6.43. The zero-order valence-electron chi connectivity index (χ0n) is 18.2. The maximum atomic E-state index is 12.5. The fourth-order valence-corrected chi connectivity index (χ4v) is 5.05. The number of likely N-dealkylation sites (tertiary alicyclic amines) is 2. The van der Waals surface area contributed by atoms with E-state index in [9.17, 15) is 9.59 Å². The van der Waals surface area contributed by atoms with E-state index >= 15 is 0 Å². The molecule has 1 aromatic heterocycles. The lowest BCUT2D eigenvalue weighted by molar-refractivity contribution is -0.151. The lowest BCUT2D eigenvalue weighted by Crippen LogP contribution is -2.37. The number of piperidine rings is 1. The summed E-state index contributed by atoms with van der Waals surface area (Å²) < 4.78 is 5.63. The van der Waals surface area contributed by atoms with Crippen LogP contribution in [-0.4, -0.2) is 59.4 Å². The molecule has 7 heteroatoms. The molecule has 0 unspecified atom stereocenters. The minimum atomic E-state index is -0.0978. The molecule has 2 aromatic rings. The van der Waals surface area contributed by atoms with E-state index in [2.05, 4.69) is 27.4 Å². The van der Waals surface area contributed by atoms with Crippen molar-refractivity contribution in [3.8, 4) is 0 Å². The Morgan fingerprint density at radius 3 is 2.71 bits per heavy atom. The number of carbonyl (C=O) groups excluding carboxylic acids is 2. The van der Waals surface area contributed by atoms with E-state index in [1.54, 1.807) is 11.3 Å². The average molecular weight is 442 g/mol. The van der Waals surface area contributed by atoms with Crippen molar-refractivity contribution in [3.63, 3.8) is 0 Å². The lowest BCUT2D eigenvalue weighted by atomic mass is 9.97. The van der Waals surface area contributed by atoms with Crippen molar-refractivity contribution in [1.82, 2.24) is 14.8 Å². The monoisotopic (exact) mass is 441 g/mol. The normalized spacial score (nSPS) is 20.4. The Morgan fingerprint density at radius 2 is 2.00 bits per heavy atom. The Bertz CT molecular complexity index is 877. The maximum absolute atomic E-state index is 12.5. The van der Waals surface area contributed by atoms with Crippen LogP contribution in [0.3, 0.4) is 0 Å². The second-order valence-corrected chi connectivity index (χ2v) is 9.75. The minimum absolute atomic E-state index is 0.0280. The summed E-state index contributed by atoms with van der Waals surface area (Å²) in [4.78, 5) is 33.7. The van der Waals surface area contributed by atoms with Crippen molar-refractivity contribution in [2.75, 3.05) is 32.8 Å². The molecule has 1 atom stereocenters. The number of esters is 1. The van der Waals surface area contributed by atoms with Gasteiger partial charge in [0.1, 0.15) is 0 Å². The van der Waals surface area contributed by atoms with E-state index in [1.807, 2.05) is 30.0 Å². The molecule has 31 heavy (non-hydrogen) atoms. The van der Waals surface area contributed by atoms with Crippen LogP contribution in [0.25, 0.3) is 0 Å². The highest BCUT2D eigenvalue weighted by Gasteiger charge is 2.32.